The molecule has 3 rings (SSSR count). The van der Waals surface area contributed by atoms with Crippen LogP contribution in [0.15, 0.2) is 12.4 Å². The number of carbonyl (C=O) groups is 1. The van der Waals surface area contributed by atoms with E-state index >= 15 is 0 Å². The van der Waals surface area contributed by atoms with Crippen molar-refractivity contribution in [3.63, 3.8) is 0 Å². The molecule has 0 bridgehead atoms. The van der Waals surface area contributed by atoms with Gasteiger partial charge in [-0.2, -0.15) is 0 Å². The van der Waals surface area contributed by atoms with E-state index in [2.05, 4.69) is 21.8 Å². The second-order valence-corrected chi connectivity index (χ2v) is 6.32. The fourth-order valence-corrected chi connectivity index (χ4v) is 3.82. The summed E-state index contributed by atoms with van der Waals surface area (Å²) in [7, 11) is 0. The number of hydrogen-bond donors (Lipinski definition) is 0. The van der Waals surface area contributed by atoms with E-state index in [0.29, 0.717) is 17.7 Å². The summed E-state index contributed by atoms with van der Waals surface area (Å²) in [6.45, 7) is 5.11. The van der Waals surface area contributed by atoms with Crippen LogP contribution in [0.2, 0.25) is 0 Å². The summed E-state index contributed by atoms with van der Waals surface area (Å²) in [6.07, 6.45) is 9.40. The van der Waals surface area contributed by atoms with Crippen molar-refractivity contribution < 1.29 is 4.79 Å². The lowest BCUT2D eigenvalue weighted by Crippen LogP contribution is -2.52. The monoisotopic (exact) mass is 273 g/mol. The van der Waals surface area contributed by atoms with Crippen LogP contribution in [0.4, 0.5) is 0 Å². The molecular formula is C16H23N3O. The molecule has 2 heterocycles. The smallest absolute Gasteiger partial charge is 0.274 e. The summed E-state index contributed by atoms with van der Waals surface area (Å²) in [6, 6.07) is 0.420. The molecule has 4 nitrogen and oxygen atoms in total. The number of piperidine rings is 1. The van der Waals surface area contributed by atoms with Gasteiger partial charge in [0.25, 0.3) is 5.91 Å². The quantitative estimate of drug-likeness (QED) is 0.790. The number of rotatable bonds is 1. The molecule has 0 spiro atoms. The topological polar surface area (TPSA) is 46.1 Å². The van der Waals surface area contributed by atoms with E-state index in [9.17, 15) is 4.79 Å². The van der Waals surface area contributed by atoms with Gasteiger partial charge in [0.15, 0.2) is 0 Å². The molecule has 0 N–H and O–H groups in total. The zero-order chi connectivity index (χ0) is 14.1. The average Bonchev–Trinajstić information content (AvgIpc) is 2.48. The Hall–Kier alpha value is -1.45. The highest BCUT2D eigenvalue weighted by molar-refractivity contribution is 5.92. The van der Waals surface area contributed by atoms with Crippen LogP contribution < -0.4 is 0 Å². The third-order valence-electron chi connectivity index (χ3n) is 5.00. The fraction of sp³-hybridized carbons (Fsp3) is 0.688. The van der Waals surface area contributed by atoms with Crippen LogP contribution in [-0.2, 0) is 0 Å². The van der Waals surface area contributed by atoms with Gasteiger partial charge in [0.05, 0.1) is 11.9 Å². The Morgan fingerprint density at radius 3 is 2.75 bits per heavy atom. The Labute approximate surface area is 120 Å². The van der Waals surface area contributed by atoms with E-state index in [0.717, 1.165) is 31.0 Å². The maximum absolute atomic E-state index is 12.7. The minimum atomic E-state index is 0.0706. The van der Waals surface area contributed by atoms with Gasteiger partial charge in [0, 0.05) is 18.8 Å². The number of likely N-dealkylation sites (tertiary alicyclic amines) is 1. The van der Waals surface area contributed by atoms with Crippen molar-refractivity contribution >= 4 is 5.91 Å². The predicted octanol–water partition coefficient (Wildman–Crippen LogP) is 2.83. The first-order valence-corrected chi connectivity index (χ1v) is 7.76. The van der Waals surface area contributed by atoms with Crippen molar-refractivity contribution in [1.82, 2.24) is 14.9 Å². The minimum absolute atomic E-state index is 0.0706. The molecule has 3 unspecified atom stereocenters. The molecule has 3 atom stereocenters. The van der Waals surface area contributed by atoms with Crippen LogP contribution in [0.5, 0.6) is 0 Å². The van der Waals surface area contributed by atoms with Gasteiger partial charge in [-0.25, -0.2) is 4.98 Å². The molecule has 0 radical (unpaired) electrons. The highest BCUT2D eigenvalue weighted by Crippen LogP contribution is 2.39. The summed E-state index contributed by atoms with van der Waals surface area (Å²) in [4.78, 5) is 23.2. The average molecular weight is 273 g/mol. The first-order valence-electron chi connectivity index (χ1n) is 7.76. The van der Waals surface area contributed by atoms with Gasteiger partial charge < -0.3 is 4.90 Å². The Bertz CT molecular complexity index is 485. The Balaban J connectivity index is 1.81. The zero-order valence-corrected chi connectivity index (χ0v) is 12.4. The van der Waals surface area contributed by atoms with Crippen LogP contribution in [0.1, 0.15) is 55.2 Å². The largest absolute Gasteiger partial charge is 0.334 e. The molecule has 20 heavy (non-hydrogen) atoms. The van der Waals surface area contributed by atoms with Crippen LogP contribution in [0.3, 0.4) is 0 Å². The number of fused-ring (bicyclic) bond motifs is 1. The molecule has 1 aromatic rings. The molecule has 2 aliphatic rings. The molecule has 1 aliphatic heterocycles. The van der Waals surface area contributed by atoms with E-state index in [1.54, 1.807) is 12.4 Å². The lowest BCUT2D eigenvalue weighted by molar-refractivity contribution is 0.0213. The number of carbonyl (C=O) groups excluding carboxylic acids is 1. The van der Waals surface area contributed by atoms with Crippen LogP contribution in [0, 0.1) is 18.8 Å². The standard InChI is InChI=1S/C16H23N3O/c1-11-7-8-19(15-6-4-3-5-13(11)15)16(20)14-10-17-12(2)9-18-14/h9-11,13,15H,3-8H2,1-2H3. The van der Waals surface area contributed by atoms with E-state index in [1.165, 1.54) is 19.3 Å². The van der Waals surface area contributed by atoms with Crippen molar-refractivity contribution in [2.75, 3.05) is 6.54 Å². The van der Waals surface area contributed by atoms with Gasteiger partial charge in [-0.15, -0.1) is 0 Å². The van der Waals surface area contributed by atoms with E-state index in [1.807, 2.05) is 6.92 Å². The fourth-order valence-electron chi connectivity index (χ4n) is 3.82. The first-order chi connectivity index (χ1) is 9.66. The first kappa shape index (κ1) is 13.5. The lowest BCUT2D eigenvalue weighted by atomic mass is 9.72. The molecule has 108 valence electrons. The zero-order valence-electron chi connectivity index (χ0n) is 12.4. The number of aryl methyl sites for hydroxylation is 1. The van der Waals surface area contributed by atoms with Crippen molar-refractivity contribution in [3.8, 4) is 0 Å². The molecule has 1 saturated carbocycles. The Morgan fingerprint density at radius 1 is 1.20 bits per heavy atom. The Kier molecular flexibility index (Phi) is 3.72. The number of nitrogens with zero attached hydrogens (tertiary/aromatic N) is 3. The van der Waals surface area contributed by atoms with Crippen LogP contribution in [0.25, 0.3) is 0 Å². The molecule has 4 heteroatoms. The van der Waals surface area contributed by atoms with Gasteiger partial charge in [-0.1, -0.05) is 19.8 Å². The van der Waals surface area contributed by atoms with Gasteiger partial charge >= 0.3 is 0 Å². The third kappa shape index (κ3) is 2.43. The Morgan fingerprint density at radius 2 is 2.00 bits per heavy atom. The molecule has 1 aliphatic carbocycles. The molecule has 1 amide bonds. The maximum Gasteiger partial charge on any atom is 0.274 e. The molecule has 0 aromatic carbocycles. The molecule has 2 fully saturated rings. The van der Waals surface area contributed by atoms with Gasteiger partial charge in [0.1, 0.15) is 5.69 Å². The maximum atomic E-state index is 12.7. The molecular weight excluding hydrogens is 250 g/mol. The van der Waals surface area contributed by atoms with E-state index < -0.39 is 0 Å². The number of aromatic nitrogens is 2. The summed E-state index contributed by atoms with van der Waals surface area (Å²) >= 11 is 0. The van der Waals surface area contributed by atoms with E-state index in [4.69, 9.17) is 0 Å². The van der Waals surface area contributed by atoms with Crippen molar-refractivity contribution in [1.29, 1.82) is 0 Å². The SMILES string of the molecule is Cc1cnc(C(=O)N2CCC(C)C3CCCCC32)cn1. The number of hydrogen-bond acceptors (Lipinski definition) is 3. The highest BCUT2D eigenvalue weighted by Gasteiger charge is 2.39. The second kappa shape index (κ2) is 5.51. The summed E-state index contributed by atoms with van der Waals surface area (Å²) in [5.41, 5.74) is 1.35. The lowest BCUT2D eigenvalue weighted by Gasteiger charge is -2.47. The summed E-state index contributed by atoms with van der Waals surface area (Å²) in [5, 5.41) is 0. The molecule has 1 aromatic heterocycles. The minimum Gasteiger partial charge on any atom is -0.334 e. The summed E-state index contributed by atoms with van der Waals surface area (Å²) in [5.74, 6) is 1.50. The van der Waals surface area contributed by atoms with Crippen molar-refractivity contribution in [2.24, 2.45) is 11.8 Å². The van der Waals surface area contributed by atoms with Crippen LogP contribution in [-0.4, -0.2) is 33.4 Å². The van der Waals surface area contributed by atoms with Crippen molar-refractivity contribution in [2.45, 2.75) is 52.0 Å². The van der Waals surface area contributed by atoms with Crippen LogP contribution >= 0.6 is 0 Å². The molecule has 1 saturated heterocycles. The second-order valence-electron chi connectivity index (χ2n) is 6.32. The van der Waals surface area contributed by atoms with Gasteiger partial charge in [0.2, 0.25) is 0 Å². The normalized spacial score (nSPS) is 29.9. The third-order valence-corrected chi connectivity index (χ3v) is 5.00. The number of amides is 1. The predicted molar refractivity (Wildman–Crippen MR) is 77.3 cm³/mol. The van der Waals surface area contributed by atoms with E-state index in [-0.39, 0.29) is 5.91 Å². The van der Waals surface area contributed by atoms with Gasteiger partial charge in [-0.3, -0.25) is 9.78 Å². The summed E-state index contributed by atoms with van der Waals surface area (Å²) < 4.78 is 0. The highest BCUT2D eigenvalue weighted by atomic mass is 16.2. The van der Waals surface area contributed by atoms with Crippen molar-refractivity contribution in [3.05, 3.63) is 23.8 Å². The van der Waals surface area contributed by atoms with Gasteiger partial charge in [-0.05, 0) is 38.0 Å².